The summed E-state index contributed by atoms with van der Waals surface area (Å²) in [5.41, 5.74) is 6.26. The van der Waals surface area contributed by atoms with Gasteiger partial charge >= 0.3 is 0 Å². The predicted molar refractivity (Wildman–Crippen MR) is 81.5 cm³/mol. The van der Waals surface area contributed by atoms with Crippen LogP contribution in [0.5, 0.6) is 0 Å². The highest BCUT2D eigenvalue weighted by Gasteiger charge is 2.31. The van der Waals surface area contributed by atoms with Crippen molar-refractivity contribution in [3.05, 3.63) is 0 Å². The minimum Gasteiger partial charge on any atom is -0.327 e. The molecule has 1 aromatic rings. The molecule has 0 amide bonds. The van der Waals surface area contributed by atoms with E-state index in [9.17, 15) is 0 Å². The summed E-state index contributed by atoms with van der Waals surface area (Å²) in [7, 11) is 0. The number of nitrogens with two attached hydrogens (primary N) is 1. The number of aromatic nitrogens is 2. The average Bonchev–Trinajstić information content (AvgIpc) is 2.79. The Morgan fingerprint density at radius 1 is 1.28 bits per heavy atom. The molecule has 2 rings (SSSR count). The second-order valence-corrected chi connectivity index (χ2v) is 8.69. The first-order valence-electron chi connectivity index (χ1n) is 6.40. The fourth-order valence-electron chi connectivity index (χ4n) is 2.38. The van der Waals surface area contributed by atoms with Crippen LogP contribution in [0.15, 0.2) is 8.68 Å². The van der Waals surface area contributed by atoms with E-state index in [0.29, 0.717) is 11.3 Å². The lowest BCUT2D eigenvalue weighted by atomic mass is 9.79. The third kappa shape index (κ3) is 3.62. The molecule has 2 N–H and O–H groups in total. The lowest BCUT2D eigenvalue weighted by Gasteiger charge is -2.35. The van der Waals surface area contributed by atoms with E-state index in [4.69, 9.17) is 5.73 Å². The summed E-state index contributed by atoms with van der Waals surface area (Å²) >= 11 is 5.18. The van der Waals surface area contributed by atoms with Gasteiger partial charge < -0.3 is 5.73 Å². The summed E-state index contributed by atoms with van der Waals surface area (Å²) in [5.74, 6) is 1.58. The van der Waals surface area contributed by atoms with Gasteiger partial charge in [0.2, 0.25) is 0 Å². The first-order chi connectivity index (χ1) is 8.60. The Balaban J connectivity index is 1.97. The van der Waals surface area contributed by atoms with Crippen molar-refractivity contribution in [2.24, 2.45) is 17.6 Å². The molecule has 0 radical (unpaired) electrons. The number of hydrogen-bond acceptors (Lipinski definition) is 6. The van der Waals surface area contributed by atoms with Gasteiger partial charge in [0.05, 0.1) is 0 Å². The minimum atomic E-state index is 0.312. The van der Waals surface area contributed by atoms with Crippen LogP contribution in [0.2, 0.25) is 0 Å². The van der Waals surface area contributed by atoms with Crippen molar-refractivity contribution in [2.45, 2.75) is 53.1 Å². The van der Waals surface area contributed by atoms with Gasteiger partial charge in [-0.3, -0.25) is 0 Å². The molecule has 1 fully saturated rings. The van der Waals surface area contributed by atoms with Crippen molar-refractivity contribution in [1.82, 2.24) is 10.2 Å². The molecule has 18 heavy (non-hydrogen) atoms. The van der Waals surface area contributed by atoms with Gasteiger partial charge in [-0.25, -0.2) is 0 Å². The molecule has 1 heterocycles. The van der Waals surface area contributed by atoms with Crippen LogP contribution < -0.4 is 5.73 Å². The van der Waals surface area contributed by atoms with E-state index in [-0.39, 0.29) is 0 Å². The fourth-order valence-corrected chi connectivity index (χ4v) is 5.35. The normalized spacial score (nSPS) is 28.8. The molecule has 0 saturated heterocycles. The van der Waals surface area contributed by atoms with E-state index in [2.05, 4.69) is 24.0 Å². The average molecular weight is 304 g/mol. The summed E-state index contributed by atoms with van der Waals surface area (Å²) in [6, 6.07) is 0.312. The molecule has 6 heteroatoms. The summed E-state index contributed by atoms with van der Waals surface area (Å²) in [6.07, 6.45) is 5.69. The van der Waals surface area contributed by atoms with Crippen LogP contribution in [0.3, 0.4) is 0 Å². The molecule has 3 unspecified atom stereocenters. The minimum absolute atomic E-state index is 0.312. The van der Waals surface area contributed by atoms with Gasteiger partial charge in [0.1, 0.15) is 0 Å². The van der Waals surface area contributed by atoms with Gasteiger partial charge in [-0.1, -0.05) is 48.7 Å². The van der Waals surface area contributed by atoms with Crippen molar-refractivity contribution in [2.75, 3.05) is 6.26 Å². The summed E-state index contributed by atoms with van der Waals surface area (Å²) in [5, 5.41) is 8.90. The number of hydrogen-bond donors (Lipinski definition) is 1. The highest BCUT2D eigenvalue weighted by atomic mass is 32.2. The molecule has 0 bridgehead atoms. The molecule has 1 saturated carbocycles. The Hall–Kier alpha value is 0.220. The molecule has 3 atom stereocenters. The maximum absolute atomic E-state index is 6.26. The summed E-state index contributed by atoms with van der Waals surface area (Å²) < 4.78 is 2.12. The Morgan fingerprint density at radius 3 is 2.61 bits per heavy atom. The third-order valence-corrected chi connectivity index (χ3v) is 7.00. The standard InChI is InChI=1S/C12H21N3S3/c1-7(2)8-4-5-9(13)10(6-8)17-12-15-14-11(16-3)18-12/h7-10H,4-6,13H2,1-3H3. The molecule has 1 aliphatic rings. The summed E-state index contributed by atoms with van der Waals surface area (Å²) in [6.45, 7) is 4.64. The smallest absolute Gasteiger partial charge is 0.175 e. The van der Waals surface area contributed by atoms with Crippen molar-refractivity contribution in [3.8, 4) is 0 Å². The number of rotatable bonds is 4. The molecule has 102 valence electrons. The van der Waals surface area contributed by atoms with Crippen molar-refractivity contribution in [1.29, 1.82) is 0 Å². The van der Waals surface area contributed by atoms with Crippen molar-refractivity contribution < 1.29 is 0 Å². The Bertz CT molecular complexity index is 380. The van der Waals surface area contributed by atoms with Crippen molar-refractivity contribution in [3.63, 3.8) is 0 Å². The monoisotopic (exact) mass is 303 g/mol. The topological polar surface area (TPSA) is 51.8 Å². The Morgan fingerprint density at radius 2 is 2.00 bits per heavy atom. The zero-order valence-corrected chi connectivity index (χ0v) is 13.6. The van der Waals surface area contributed by atoms with Gasteiger partial charge in [0.15, 0.2) is 8.68 Å². The third-order valence-electron chi connectivity index (χ3n) is 3.64. The highest BCUT2D eigenvalue weighted by Crippen LogP contribution is 2.39. The van der Waals surface area contributed by atoms with Gasteiger partial charge in [-0.15, -0.1) is 10.2 Å². The zero-order chi connectivity index (χ0) is 13.1. The van der Waals surface area contributed by atoms with E-state index in [1.807, 2.05) is 18.0 Å². The van der Waals surface area contributed by atoms with Crippen LogP contribution in [-0.4, -0.2) is 27.7 Å². The maximum Gasteiger partial charge on any atom is 0.175 e. The van der Waals surface area contributed by atoms with Crippen LogP contribution in [0.25, 0.3) is 0 Å². The Kier molecular flexibility index (Phi) is 5.35. The van der Waals surface area contributed by atoms with Gasteiger partial charge in [0.25, 0.3) is 0 Å². The molecule has 0 aliphatic heterocycles. The molecule has 0 spiro atoms. The van der Waals surface area contributed by atoms with Gasteiger partial charge in [0, 0.05) is 11.3 Å². The number of nitrogens with zero attached hydrogens (tertiary/aromatic N) is 2. The molecular formula is C12H21N3S3. The predicted octanol–water partition coefficient (Wildman–Crippen LogP) is 3.50. The summed E-state index contributed by atoms with van der Waals surface area (Å²) in [4.78, 5) is 0. The fraction of sp³-hybridized carbons (Fsp3) is 0.833. The quantitative estimate of drug-likeness (QED) is 0.863. The second-order valence-electron chi connectivity index (χ2n) is 5.18. The molecule has 3 nitrogen and oxygen atoms in total. The first kappa shape index (κ1) is 14.6. The number of thioether (sulfide) groups is 2. The van der Waals surface area contributed by atoms with Crippen molar-refractivity contribution >= 4 is 34.9 Å². The van der Waals surface area contributed by atoms with Crippen LogP contribution in [-0.2, 0) is 0 Å². The van der Waals surface area contributed by atoms with E-state index < -0.39 is 0 Å². The van der Waals surface area contributed by atoms with Gasteiger partial charge in [-0.2, -0.15) is 0 Å². The molecular weight excluding hydrogens is 282 g/mol. The first-order valence-corrected chi connectivity index (χ1v) is 9.32. The van der Waals surface area contributed by atoms with Crippen LogP contribution in [0, 0.1) is 11.8 Å². The maximum atomic E-state index is 6.26. The van der Waals surface area contributed by atoms with Crippen LogP contribution >= 0.6 is 34.9 Å². The van der Waals surface area contributed by atoms with E-state index in [1.165, 1.54) is 12.8 Å². The highest BCUT2D eigenvalue weighted by molar-refractivity contribution is 8.03. The lowest BCUT2D eigenvalue weighted by Crippen LogP contribution is -2.39. The van der Waals surface area contributed by atoms with E-state index in [0.717, 1.165) is 26.9 Å². The SMILES string of the molecule is CSc1nnc(SC2CC(C(C)C)CCC2N)s1. The Labute approximate surface area is 122 Å². The lowest BCUT2D eigenvalue weighted by molar-refractivity contribution is 0.266. The van der Waals surface area contributed by atoms with Gasteiger partial charge in [-0.05, 0) is 37.4 Å². The van der Waals surface area contributed by atoms with E-state index >= 15 is 0 Å². The largest absolute Gasteiger partial charge is 0.327 e. The molecule has 0 aromatic carbocycles. The van der Waals surface area contributed by atoms with E-state index in [1.54, 1.807) is 23.1 Å². The zero-order valence-electron chi connectivity index (χ0n) is 11.1. The van der Waals surface area contributed by atoms with Crippen LogP contribution in [0.4, 0.5) is 0 Å². The molecule has 1 aromatic heterocycles. The van der Waals surface area contributed by atoms with Crippen LogP contribution in [0.1, 0.15) is 33.1 Å². The molecule has 1 aliphatic carbocycles. The second kappa shape index (κ2) is 6.59.